The Hall–Kier alpha value is -4.68. The summed E-state index contributed by atoms with van der Waals surface area (Å²) in [4.78, 5) is 31.6. The highest BCUT2D eigenvalue weighted by molar-refractivity contribution is 6.36. The second-order valence-corrected chi connectivity index (χ2v) is 12.1. The summed E-state index contributed by atoms with van der Waals surface area (Å²) in [5, 5.41) is 9.75. The molecule has 2 aromatic heterocycles. The fourth-order valence-corrected chi connectivity index (χ4v) is 6.71. The molecule has 9 nitrogen and oxygen atoms in total. The van der Waals surface area contributed by atoms with Crippen molar-refractivity contribution < 1.29 is 32.2 Å². The van der Waals surface area contributed by atoms with Gasteiger partial charge in [0, 0.05) is 42.2 Å². The maximum atomic E-state index is 14.0. The van der Waals surface area contributed by atoms with Crippen molar-refractivity contribution in [2.45, 2.75) is 50.5 Å². The number of fused-ring (bicyclic) bond motifs is 1. The van der Waals surface area contributed by atoms with Crippen molar-refractivity contribution in [2.75, 3.05) is 26.1 Å². The first-order valence-corrected chi connectivity index (χ1v) is 15.8. The fraction of sp³-hybridized carbons (Fsp3) is 0.314. The van der Waals surface area contributed by atoms with E-state index >= 15 is 0 Å². The average molecular weight is 680 g/mol. The van der Waals surface area contributed by atoms with Crippen LogP contribution < -0.4 is 25.4 Å². The largest absolute Gasteiger partial charge is 0.481 e. The number of aldehydes is 1. The van der Waals surface area contributed by atoms with E-state index in [2.05, 4.69) is 20.9 Å². The molecule has 1 unspecified atom stereocenters. The second kappa shape index (κ2) is 13.8. The first kappa shape index (κ1) is 33.2. The van der Waals surface area contributed by atoms with Gasteiger partial charge in [-0.1, -0.05) is 54.1 Å². The van der Waals surface area contributed by atoms with E-state index < -0.39 is 23.6 Å². The number of nitrogens with one attached hydrogen (secondary N) is 3. The van der Waals surface area contributed by atoms with Crippen LogP contribution in [0.2, 0.25) is 5.02 Å². The molecule has 13 heteroatoms. The third-order valence-electron chi connectivity index (χ3n) is 8.71. The first-order valence-electron chi connectivity index (χ1n) is 15.4. The van der Waals surface area contributed by atoms with Crippen LogP contribution in [0.15, 0.2) is 54.6 Å². The summed E-state index contributed by atoms with van der Waals surface area (Å²) in [6, 6.07) is 15.6. The molecule has 0 saturated carbocycles. The van der Waals surface area contributed by atoms with Crippen LogP contribution in [-0.4, -0.2) is 49.0 Å². The highest BCUT2D eigenvalue weighted by Gasteiger charge is 2.37. The van der Waals surface area contributed by atoms with E-state index in [9.17, 15) is 22.8 Å². The van der Waals surface area contributed by atoms with E-state index in [0.717, 1.165) is 40.3 Å². The number of halogens is 4. The SMILES string of the molecule is COc1nc(N[C@H]2CCc3c(-c4cccc(-c5ccc(CNCC6CCC(=O)N6)c(OC)n5)c4Cl)cccc32)c(C(F)(F)F)cc1C=O. The maximum Gasteiger partial charge on any atom is 0.419 e. The van der Waals surface area contributed by atoms with Crippen LogP contribution in [0.25, 0.3) is 22.4 Å². The summed E-state index contributed by atoms with van der Waals surface area (Å²) < 4.78 is 52.7. The van der Waals surface area contributed by atoms with Gasteiger partial charge in [-0.2, -0.15) is 18.2 Å². The normalized spacial score (nSPS) is 17.2. The number of benzene rings is 2. The first-order chi connectivity index (χ1) is 23.1. The van der Waals surface area contributed by atoms with Gasteiger partial charge in [0.25, 0.3) is 0 Å². The lowest BCUT2D eigenvalue weighted by Crippen LogP contribution is -2.35. The number of anilines is 1. The van der Waals surface area contributed by atoms with Gasteiger partial charge in [0.1, 0.15) is 5.82 Å². The number of aromatic nitrogens is 2. The number of hydrogen-bond donors (Lipinski definition) is 3. The number of amides is 1. The summed E-state index contributed by atoms with van der Waals surface area (Å²) in [6.07, 6.45) is -2.00. The third-order valence-corrected chi connectivity index (χ3v) is 9.12. The topological polar surface area (TPSA) is 114 Å². The molecular formula is C35H33ClF3N5O4. The van der Waals surface area contributed by atoms with Gasteiger partial charge in [-0.25, -0.2) is 4.98 Å². The molecule has 1 fully saturated rings. The molecule has 1 aliphatic heterocycles. The lowest BCUT2D eigenvalue weighted by Gasteiger charge is -2.20. The van der Waals surface area contributed by atoms with Gasteiger partial charge in [0.05, 0.1) is 42.1 Å². The third kappa shape index (κ3) is 6.67. The Bertz CT molecular complexity index is 1870. The summed E-state index contributed by atoms with van der Waals surface area (Å²) in [6.45, 7) is 1.15. The fourth-order valence-electron chi connectivity index (χ4n) is 6.39. The lowest BCUT2D eigenvalue weighted by atomic mass is 9.94. The molecule has 1 aliphatic carbocycles. The Morgan fingerprint density at radius 2 is 1.73 bits per heavy atom. The minimum atomic E-state index is -4.74. The van der Waals surface area contributed by atoms with Crippen LogP contribution in [-0.2, 0) is 23.9 Å². The number of methoxy groups -OCH3 is 2. The molecule has 250 valence electrons. The summed E-state index contributed by atoms with van der Waals surface area (Å²) in [5.41, 5.74) is 4.28. The molecule has 0 spiro atoms. The van der Waals surface area contributed by atoms with E-state index in [0.29, 0.717) is 54.5 Å². The van der Waals surface area contributed by atoms with Crippen LogP contribution in [0.1, 0.15) is 57.9 Å². The van der Waals surface area contributed by atoms with Gasteiger partial charge >= 0.3 is 6.18 Å². The monoisotopic (exact) mass is 679 g/mol. The van der Waals surface area contributed by atoms with E-state index in [1.54, 1.807) is 7.11 Å². The molecule has 1 amide bonds. The number of carbonyl (C=O) groups is 2. The Morgan fingerprint density at radius 1 is 0.979 bits per heavy atom. The van der Waals surface area contributed by atoms with Crippen molar-refractivity contribution in [1.82, 2.24) is 20.6 Å². The molecule has 3 N–H and O–H groups in total. The quantitative estimate of drug-likeness (QED) is 0.149. The van der Waals surface area contributed by atoms with Crippen molar-refractivity contribution in [3.8, 4) is 34.1 Å². The molecule has 2 aromatic carbocycles. The molecule has 6 rings (SSSR count). The van der Waals surface area contributed by atoms with Gasteiger partial charge in [0.2, 0.25) is 17.7 Å². The van der Waals surface area contributed by atoms with Crippen molar-refractivity contribution in [3.05, 3.63) is 87.4 Å². The van der Waals surface area contributed by atoms with Crippen molar-refractivity contribution in [2.24, 2.45) is 0 Å². The Balaban J connectivity index is 1.27. The summed E-state index contributed by atoms with van der Waals surface area (Å²) in [7, 11) is 2.81. The van der Waals surface area contributed by atoms with Crippen LogP contribution in [0, 0.1) is 0 Å². The van der Waals surface area contributed by atoms with Gasteiger partial charge in [-0.3, -0.25) is 9.59 Å². The van der Waals surface area contributed by atoms with Crippen molar-refractivity contribution >= 4 is 29.6 Å². The molecule has 2 atom stereocenters. The zero-order valence-corrected chi connectivity index (χ0v) is 27.0. The lowest BCUT2D eigenvalue weighted by molar-refractivity contribution is -0.137. The molecule has 48 heavy (non-hydrogen) atoms. The predicted molar refractivity (Wildman–Crippen MR) is 175 cm³/mol. The molecule has 1 saturated heterocycles. The number of hydrogen-bond acceptors (Lipinski definition) is 8. The standard InChI is InChI=1S/C35H33ClF3N5O4/c1-47-33-19(16-40-17-21-10-14-30(46)41-21)9-12-29(43-33)26-8-4-7-25(31(26)36)22-5-3-6-24-23(22)11-13-28(24)42-32-27(35(37,38)39)15-20(18-45)34(44-32)48-2/h3-9,12,15,18,21,28,40H,10-11,13-14,16-17H2,1-2H3,(H,41,46)(H,42,44)/t21?,28-/m0/s1. The second-order valence-electron chi connectivity index (χ2n) is 11.7. The Labute approximate surface area is 280 Å². The Morgan fingerprint density at radius 3 is 2.44 bits per heavy atom. The number of alkyl halides is 3. The predicted octanol–water partition coefficient (Wildman–Crippen LogP) is 6.78. The van der Waals surface area contributed by atoms with E-state index in [1.165, 1.54) is 7.11 Å². The zero-order valence-electron chi connectivity index (χ0n) is 26.2. The van der Waals surface area contributed by atoms with E-state index in [-0.39, 0.29) is 29.7 Å². The number of carbonyl (C=O) groups excluding carboxylic acids is 2. The van der Waals surface area contributed by atoms with Gasteiger partial charge in [-0.15, -0.1) is 0 Å². The van der Waals surface area contributed by atoms with Gasteiger partial charge < -0.3 is 25.4 Å². The maximum absolute atomic E-state index is 14.0. The van der Waals surface area contributed by atoms with Crippen LogP contribution in [0.3, 0.4) is 0 Å². The van der Waals surface area contributed by atoms with Crippen LogP contribution in [0.5, 0.6) is 11.8 Å². The minimum Gasteiger partial charge on any atom is -0.481 e. The van der Waals surface area contributed by atoms with E-state index in [1.807, 2.05) is 48.5 Å². The van der Waals surface area contributed by atoms with Crippen LogP contribution >= 0.6 is 11.6 Å². The van der Waals surface area contributed by atoms with Crippen LogP contribution in [0.4, 0.5) is 19.0 Å². The zero-order chi connectivity index (χ0) is 34.0. The highest BCUT2D eigenvalue weighted by atomic mass is 35.5. The Kier molecular flexibility index (Phi) is 9.56. The van der Waals surface area contributed by atoms with E-state index in [4.69, 9.17) is 26.1 Å². The molecule has 4 aromatic rings. The molecular weight excluding hydrogens is 647 g/mol. The van der Waals surface area contributed by atoms with Crippen molar-refractivity contribution in [3.63, 3.8) is 0 Å². The molecule has 0 bridgehead atoms. The average Bonchev–Trinajstić information content (AvgIpc) is 3.69. The summed E-state index contributed by atoms with van der Waals surface area (Å²) in [5.74, 6) is -0.0699. The summed E-state index contributed by atoms with van der Waals surface area (Å²) >= 11 is 7.06. The molecule has 3 heterocycles. The number of ether oxygens (including phenoxy) is 2. The molecule has 0 radical (unpaired) electrons. The number of pyridine rings is 2. The molecule has 2 aliphatic rings. The van der Waals surface area contributed by atoms with Gasteiger partial charge in [0.15, 0.2) is 6.29 Å². The number of nitrogens with zero attached hydrogens (tertiary/aromatic N) is 2. The smallest absolute Gasteiger partial charge is 0.419 e. The van der Waals surface area contributed by atoms with Gasteiger partial charge in [-0.05, 0) is 48.1 Å². The van der Waals surface area contributed by atoms with Crippen molar-refractivity contribution in [1.29, 1.82) is 0 Å². The number of rotatable bonds is 11. The highest BCUT2D eigenvalue weighted by Crippen LogP contribution is 2.45. The minimum absolute atomic E-state index is 0.0709.